The molecule has 0 bridgehead atoms. The third kappa shape index (κ3) is 3.85. The molecule has 0 spiro atoms. The second-order valence-corrected chi connectivity index (χ2v) is 6.06. The number of hydrogen-bond acceptors (Lipinski definition) is 3. The zero-order valence-corrected chi connectivity index (χ0v) is 14.5. The van der Waals surface area contributed by atoms with Gasteiger partial charge in [0.2, 0.25) is 5.82 Å². The molecule has 128 valence electrons. The second kappa shape index (κ2) is 7.03. The highest BCUT2D eigenvalue weighted by Gasteiger charge is 2.18. The van der Waals surface area contributed by atoms with Crippen molar-refractivity contribution < 1.29 is 9.18 Å². The summed E-state index contributed by atoms with van der Waals surface area (Å²) >= 11 is 5.98. The Kier molecular flexibility index (Phi) is 4.81. The number of rotatable bonds is 4. The van der Waals surface area contributed by atoms with E-state index in [0.717, 1.165) is 5.56 Å². The first-order chi connectivity index (χ1) is 11.9. The van der Waals surface area contributed by atoms with Gasteiger partial charge in [0.15, 0.2) is 0 Å². The molecule has 3 rings (SSSR count). The van der Waals surface area contributed by atoms with E-state index in [4.69, 9.17) is 11.6 Å². The Bertz CT molecular complexity index is 908. The number of carbonyl (C=O) groups is 1. The largest absolute Gasteiger partial charge is 0.343 e. The number of aryl methyl sites for hydroxylation is 1. The minimum Gasteiger partial charge on any atom is -0.343 e. The zero-order valence-electron chi connectivity index (χ0n) is 13.7. The maximum atomic E-state index is 13.1. The summed E-state index contributed by atoms with van der Waals surface area (Å²) in [6.45, 7) is 3.58. The minimum absolute atomic E-state index is 0.0516. The molecule has 1 amide bonds. The molecule has 0 aliphatic heterocycles. The van der Waals surface area contributed by atoms with Crippen LogP contribution in [0.15, 0.2) is 48.5 Å². The molecular weight excluding hydrogens is 343 g/mol. The molecule has 0 fully saturated rings. The first-order valence-electron chi connectivity index (χ1n) is 7.70. The number of aromatic nitrogens is 3. The molecule has 7 heteroatoms. The van der Waals surface area contributed by atoms with E-state index in [0.29, 0.717) is 16.5 Å². The molecule has 0 saturated heterocycles. The molecule has 1 N–H and O–H groups in total. The molecule has 1 aromatic heterocycles. The van der Waals surface area contributed by atoms with E-state index in [1.165, 1.54) is 16.8 Å². The van der Waals surface area contributed by atoms with E-state index in [1.54, 1.807) is 31.2 Å². The molecule has 0 saturated carbocycles. The Morgan fingerprint density at radius 1 is 1.24 bits per heavy atom. The number of hydrogen-bond donors (Lipinski definition) is 1. The van der Waals surface area contributed by atoms with E-state index in [2.05, 4.69) is 15.4 Å². The van der Waals surface area contributed by atoms with Gasteiger partial charge in [0, 0.05) is 5.02 Å². The molecular formula is C18H16ClFN4O. The van der Waals surface area contributed by atoms with Crippen molar-refractivity contribution >= 4 is 17.5 Å². The van der Waals surface area contributed by atoms with Crippen LogP contribution in [0.5, 0.6) is 0 Å². The van der Waals surface area contributed by atoms with E-state index >= 15 is 0 Å². The summed E-state index contributed by atoms with van der Waals surface area (Å²) in [5.74, 6) is -0.144. The molecule has 0 radical (unpaired) electrons. The Labute approximate surface area is 149 Å². The minimum atomic E-state index is -0.392. The highest BCUT2D eigenvalue weighted by Crippen LogP contribution is 2.18. The number of benzene rings is 2. The Morgan fingerprint density at radius 3 is 2.64 bits per heavy atom. The number of amides is 1. The predicted molar refractivity (Wildman–Crippen MR) is 93.4 cm³/mol. The lowest BCUT2D eigenvalue weighted by Crippen LogP contribution is -2.27. The van der Waals surface area contributed by atoms with Crippen LogP contribution in [0.2, 0.25) is 5.02 Å². The second-order valence-electron chi connectivity index (χ2n) is 5.62. The van der Waals surface area contributed by atoms with Crippen molar-refractivity contribution in [3.05, 3.63) is 76.6 Å². The summed E-state index contributed by atoms with van der Waals surface area (Å²) in [7, 11) is 0. The number of halogens is 2. The van der Waals surface area contributed by atoms with Gasteiger partial charge in [0.05, 0.1) is 11.7 Å². The summed E-state index contributed by atoms with van der Waals surface area (Å²) in [6, 6.07) is 12.8. The Balaban J connectivity index is 1.79. The highest BCUT2D eigenvalue weighted by molar-refractivity contribution is 6.30. The highest BCUT2D eigenvalue weighted by atomic mass is 35.5. The molecule has 1 heterocycles. The van der Waals surface area contributed by atoms with E-state index in [-0.39, 0.29) is 17.7 Å². The standard InChI is InChI=1S/C18H16ClFN4O/c1-11(13-4-3-5-14(19)10-13)21-18(25)17-22-12(2)24(23-17)16-8-6-15(20)7-9-16/h3-11H,1-2H3,(H,21,25)/t11-/m1/s1. The van der Waals surface area contributed by atoms with Gasteiger partial charge in [-0.25, -0.2) is 14.1 Å². The van der Waals surface area contributed by atoms with Crippen LogP contribution in [-0.2, 0) is 0 Å². The van der Waals surface area contributed by atoms with Gasteiger partial charge in [0.1, 0.15) is 11.6 Å². The molecule has 25 heavy (non-hydrogen) atoms. The van der Waals surface area contributed by atoms with Crippen LogP contribution in [-0.4, -0.2) is 20.7 Å². The monoisotopic (exact) mass is 358 g/mol. The fraction of sp³-hybridized carbons (Fsp3) is 0.167. The lowest BCUT2D eigenvalue weighted by molar-refractivity contribution is 0.0929. The quantitative estimate of drug-likeness (QED) is 0.770. The van der Waals surface area contributed by atoms with Crippen LogP contribution in [0.3, 0.4) is 0 Å². The van der Waals surface area contributed by atoms with Crippen LogP contribution in [0, 0.1) is 12.7 Å². The Morgan fingerprint density at radius 2 is 1.96 bits per heavy atom. The van der Waals surface area contributed by atoms with Crippen LogP contribution < -0.4 is 5.32 Å². The average molecular weight is 359 g/mol. The van der Waals surface area contributed by atoms with Crippen molar-refractivity contribution in [2.45, 2.75) is 19.9 Å². The van der Waals surface area contributed by atoms with E-state index in [1.807, 2.05) is 19.1 Å². The van der Waals surface area contributed by atoms with Crippen molar-refractivity contribution in [3.8, 4) is 5.69 Å². The van der Waals surface area contributed by atoms with Gasteiger partial charge in [-0.2, -0.15) is 0 Å². The fourth-order valence-corrected chi connectivity index (χ4v) is 2.63. The topological polar surface area (TPSA) is 59.8 Å². The summed E-state index contributed by atoms with van der Waals surface area (Å²) in [5.41, 5.74) is 1.52. The first kappa shape index (κ1) is 17.1. The molecule has 0 unspecified atom stereocenters. The van der Waals surface area contributed by atoms with Crippen molar-refractivity contribution in [1.29, 1.82) is 0 Å². The van der Waals surface area contributed by atoms with Gasteiger partial charge in [-0.1, -0.05) is 23.7 Å². The number of carbonyl (C=O) groups excluding carboxylic acids is 1. The van der Waals surface area contributed by atoms with Gasteiger partial charge >= 0.3 is 0 Å². The molecule has 2 aromatic carbocycles. The zero-order chi connectivity index (χ0) is 18.0. The molecule has 0 aliphatic carbocycles. The Hall–Kier alpha value is -2.73. The summed E-state index contributed by atoms with van der Waals surface area (Å²) < 4.78 is 14.5. The predicted octanol–water partition coefficient (Wildman–Crippen LogP) is 3.86. The van der Waals surface area contributed by atoms with Gasteiger partial charge < -0.3 is 5.32 Å². The van der Waals surface area contributed by atoms with Crippen molar-refractivity contribution in [1.82, 2.24) is 20.1 Å². The third-order valence-corrected chi connectivity index (χ3v) is 3.97. The summed E-state index contributed by atoms with van der Waals surface area (Å²) in [6.07, 6.45) is 0. The normalized spacial score (nSPS) is 12.0. The molecule has 3 aromatic rings. The fourth-order valence-electron chi connectivity index (χ4n) is 2.43. The molecule has 0 aliphatic rings. The van der Waals surface area contributed by atoms with E-state index in [9.17, 15) is 9.18 Å². The van der Waals surface area contributed by atoms with Crippen molar-refractivity contribution in [2.75, 3.05) is 0 Å². The SMILES string of the molecule is Cc1nc(C(=O)N[C@H](C)c2cccc(Cl)c2)nn1-c1ccc(F)cc1. The first-order valence-corrected chi connectivity index (χ1v) is 8.08. The van der Waals surface area contributed by atoms with Crippen molar-refractivity contribution in [2.24, 2.45) is 0 Å². The van der Waals surface area contributed by atoms with Crippen LogP contribution in [0.1, 0.15) is 35.0 Å². The molecule has 1 atom stereocenters. The average Bonchev–Trinajstić information content (AvgIpc) is 2.97. The maximum Gasteiger partial charge on any atom is 0.291 e. The van der Waals surface area contributed by atoms with Crippen LogP contribution in [0.25, 0.3) is 5.69 Å². The van der Waals surface area contributed by atoms with Gasteiger partial charge in [0.25, 0.3) is 5.91 Å². The lowest BCUT2D eigenvalue weighted by atomic mass is 10.1. The smallest absolute Gasteiger partial charge is 0.291 e. The number of nitrogens with zero attached hydrogens (tertiary/aromatic N) is 3. The van der Waals surface area contributed by atoms with Crippen molar-refractivity contribution in [3.63, 3.8) is 0 Å². The summed E-state index contributed by atoms with van der Waals surface area (Å²) in [5, 5.41) is 7.67. The third-order valence-electron chi connectivity index (χ3n) is 3.74. The van der Waals surface area contributed by atoms with Gasteiger partial charge in [-0.05, 0) is 55.8 Å². The van der Waals surface area contributed by atoms with E-state index < -0.39 is 5.91 Å². The van der Waals surface area contributed by atoms with Crippen LogP contribution >= 0.6 is 11.6 Å². The molecule has 5 nitrogen and oxygen atoms in total. The lowest BCUT2D eigenvalue weighted by Gasteiger charge is -2.13. The maximum absolute atomic E-state index is 13.1. The van der Waals surface area contributed by atoms with Crippen LogP contribution in [0.4, 0.5) is 4.39 Å². The summed E-state index contributed by atoms with van der Waals surface area (Å²) in [4.78, 5) is 16.6. The van der Waals surface area contributed by atoms with Gasteiger partial charge in [-0.3, -0.25) is 4.79 Å². The number of nitrogens with one attached hydrogen (secondary N) is 1. The van der Waals surface area contributed by atoms with Gasteiger partial charge in [-0.15, -0.1) is 5.10 Å².